The Balaban J connectivity index is 2.02. The number of benzene rings is 1. The van der Waals surface area contributed by atoms with E-state index in [1.165, 1.54) is 12.1 Å². The molecule has 5 heteroatoms. The first-order valence-corrected chi connectivity index (χ1v) is 6.71. The Hall–Kier alpha value is -1.62. The van der Waals surface area contributed by atoms with Gasteiger partial charge in [0.1, 0.15) is 5.82 Å². The molecule has 100 valence electrons. The van der Waals surface area contributed by atoms with Crippen LogP contribution in [0.5, 0.6) is 0 Å². The molecule has 2 aromatic rings. The Kier molecular flexibility index (Phi) is 4.37. The summed E-state index contributed by atoms with van der Waals surface area (Å²) in [6.45, 7) is 2.86. The number of nitrogens with zero attached hydrogens (tertiary/aromatic N) is 1. The van der Waals surface area contributed by atoms with Crippen molar-refractivity contribution in [3.63, 3.8) is 0 Å². The van der Waals surface area contributed by atoms with E-state index in [4.69, 9.17) is 0 Å². The Morgan fingerprint density at radius 3 is 2.89 bits per heavy atom. The van der Waals surface area contributed by atoms with Gasteiger partial charge in [-0.1, -0.05) is 6.07 Å². The van der Waals surface area contributed by atoms with Gasteiger partial charge in [0.05, 0.1) is 0 Å². The van der Waals surface area contributed by atoms with Crippen LogP contribution in [-0.2, 0) is 6.54 Å². The van der Waals surface area contributed by atoms with Gasteiger partial charge in [-0.05, 0) is 47.1 Å². The number of nitrogens with one attached hydrogen (secondary N) is 1. The summed E-state index contributed by atoms with van der Waals surface area (Å²) in [6.07, 6.45) is 1.75. The van der Waals surface area contributed by atoms with Gasteiger partial charge < -0.3 is 9.88 Å². The smallest absolute Gasteiger partial charge is 0.253 e. The number of hydrogen-bond donors (Lipinski definition) is 1. The molecule has 1 aromatic carbocycles. The maximum atomic E-state index is 13.0. The summed E-state index contributed by atoms with van der Waals surface area (Å²) in [5.74, 6) is -0.277. The van der Waals surface area contributed by atoms with Crippen molar-refractivity contribution in [2.45, 2.75) is 13.5 Å². The fourth-order valence-electron chi connectivity index (χ4n) is 1.83. The molecule has 0 unspecified atom stereocenters. The predicted molar refractivity (Wildman–Crippen MR) is 78.0 cm³/mol. The number of anilines is 1. The summed E-state index contributed by atoms with van der Waals surface area (Å²) in [4.78, 5) is 11.9. The third kappa shape index (κ3) is 3.67. The molecule has 0 radical (unpaired) electrons. The van der Waals surface area contributed by atoms with Gasteiger partial charge in [-0.15, -0.1) is 0 Å². The molecule has 0 amide bonds. The zero-order valence-corrected chi connectivity index (χ0v) is 12.1. The average molecular weight is 325 g/mol. The fraction of sp³-hybridized carbons (Fsp3) is 0.214. The van der Waals surface area contributed by atoms with E-state index < -0.39 is 0 Å². The van der Waals surface area contributed by atoms with Crippen molar-refractivity contribution in [2.75, 3.05) is 11.9 Å². The number of hydrogen-bond acceptors (Lipinski definition) is 2. The van der Waals surface area contributed by atoms with E-state index in [1.807, 2.05) is 0 Å². The van der Waals surface area contributed by atoms with Crippen LogP contribution >= 0.6 is 15.9 Å². The third-order valence-electron chi connectivity index (χ3n) is 2.74. The van der Waals surface area contributed by atoms with Crippen LogP contribution in [0.4, 0.5) is 10.1 Å². The first-order chi connectivity index (χ1) is 9.06. The summed E-state index contributed by atoms with van der Waals surface area (Å²) in [5, 5.41) is 3.09. The minimum absolute atomic E-state index is 0.00996. The van der Waals surface area contributed by atoms with E-state index in [0.717, 1.165) is 4.47 Å². The predicted octanol–water partition coefficient (Wildman–Crippen LogP) is 3.17. The van der Waals surface area contributed by atoms with Crippen LogP contribution in [0.15, 0.2) is 45.8 Å². The van der Waals surface area contributed by atoms with E-state index in [1.54, 1.807) is 35.9 Å². The molecule has 0 bridgehead atoms. The van der Waals surface area contributed by atoms with Gasteiger partial charge in [-0.3, -0.25) is 4.79 Å². The Morgan fingerprint density at radius 1 is 1.37 bits per heavy atom. The lowest BCUT2D eigenvalue weighted by Crippen LogP contribution is -2.24. The summed E-state index contributed by atoms with van der Waals surface area (Å²) in [6, 6.07) is 8.05. The van der Waals surface area contributed by atoms with E-state index in [0.29, 0.717) is 24.3 Å². The fourth-order valence-corrected chi connectivity index (χ4v) is 2.42. The van der Waals surface area contributed by atoms with Crippen molar-refractivity contribution in [1.82, 2.24) is 4.57 Å². The van der Waals surface area contributed by atoms with Gasteiger partial charge in [-0.25, -0.2) is 4.39 Å². The van der Waals surface area contributed by atoms with E-state index >= 15 is 0 Å². The third-order valence-corrected chi connectivity index (χ3v) is 3.17. The molecule has 0 aliphatic heterocycles. The van der Waals surface area contributed by atoms with Crippen molar-refractivity contribution in [3.8, 4) is 0 Å². The van der Waals surface area contributed by atoms with E-state index in [2.05, 4.69) is 21.2 Å². The molecule has 1 N–H and O–H groups in total. The Morgan fingerprint density at radius 2 is 2.16 bits per heavy atom. The number of aromatic nitrogens is 1. The zero-order valence-electron chi connectivity index (χ0n) is 10.5. The second kappa shape index (κ2) is 6.02. The van der Waals surface area contributed by atoms with Crippen LogP contribution in [0, 0.1) is 12.7 Å². The van der Waals surface area contributed by atoms with Crippen molar-refractivity contribution in [3.05, 3.63) is 62.7 Å². The molecule has 0 saturated heterocycles. The summed E-state index contributed by atoms with van der Waals surface area (Å²) < 4.78 is 15.5. The first-order valence-electron chi connectivity index (χ1n) is 5.92. The summed E-state index contributed by atoms with van der Waals surface area (Å²) in [7, 11) is 0. The quantitative estimate of drug-likeness (QED) is 0.937. The molecule has 0 aliphatic carbocycles. The molecule has 0 aliphatic rings. The standard InChI is InChI=1S/C14H14BrFN2O/c1-10-7-11(15)9-18(14(10)19)6-5-17-13-4-2-3-12(16)8-13/h2-4,7-9,17H,5-6H2,1H3. The maximum absolute atomic E-state index is 13.0. The second-order valence-corrected chi connectivity index (χ2v) is 5.19. The van der Waals surface area contributed by atoms with E-state index in [-0.39, 0.29) is 11.4 Å². The molecule has 3 nitrogen and oxygen atoms in total. The highest BCUT2D eigenvalue weighted by atomic mass is 79.9. The first kappa shape index (κ1) is 13.8. The summed E-state index contributed by atoms with van der Waals surface area (Å²) in [5.41, 5.74) is 1.39. The van der Waals surface area contributed by atoms with Gasteiger partial charge in [0.2, 0.25) is 0 Å². The van der Waals surface area contributed by atoms with Crippen LogP contribution in [0.1, 0.15) is 5.56 Å². The normalized spacial score (nSPS) is 10.5. The Bertz CT molecular complexity index is 640. The second-order valence-electron chi connectivity index (χ2n) is 4.28. The number of pyridine rings is 1. The number of halogens is 2. The highest BCUT2D eigenvalue weighted by molar-refractivity contribution is 9.10. The van der Waals surface area contributed by atoms with Crippen LogP contribution in [0.25, 0.3) is 0 Å². The molecule has 1 aromatic heterocycles. The molecule has 1 heterocycles. The molecular formula is C14H14BrFN2O. The van der Waals surface area contributed by atoms with Crippen LogP contribution < -0.4 is 10.9 Å². The SMILES string of the molecule is Cc1cc(Br)cn(CCNc2cccc(F)c2)c1=O. The molecule has 19 heavy (non-hydrogen) atoms. The van der Waals surface area contributed by atoms with Crippen molar-refractivity contribution in [2.24, 2.45) is 0 Å². The van der Waals surface area contributed by atoms with Crippen molar-refractivity contribution >= 4 is 21.6 Å². The Labute approximate surface area is 119 Å². The van der Waals surface area contributed by atoms with Gasteiger partial charge in [0.15, 0.2) is 0 Å². The van der Waals surface area contributed by atoms with Gasteiger partial charge in [-0.2, -0.15) is 0 Å². The maximum Gasteiger partial charge on any atom is 0.253 e. The monoisotopic (exact) mass is 324 g/mol. The molecule has 0 saturated carbocycles. The van der Waals surface area contributed by atoms with Crippen molar-refractivity contribution < 1.29 is 4.39 Å². The number of rotatable bonds is 4. The van der Waals surface area contributed by atoms with Crippen LogP contribution in [0.3, 0.4) is 0 Å². The van der Waals surface area contributed by atoms with Gasteiger partial charge in [0, 0.05) is 35.0 Å². The molecule has 0 fully saturated rings. The van der Waals surface area contributed by atoms with Crippen LogP contribution in [-0.4, -0.2) is 11.1 Å². The van der Waals surface area contributed by atoms with Gasteiger partial charge >= 0.3 is 0 Å². The highest BCUT2D eigenvalue weighted by Gasteiger charge is 2.01. The topological polar surface area (TPSA) is 34.0 Å². The van der Waals surface area contributed by atoms with Crippen molar-refractivity contribution in [1.29, 1.82) is 0 Å². The molecular weight excluding hydrogens is 311 g/mol. The lowest BCUT2D eigenvalue weighted by Gasteiger charge is -2.10. The molecule has 0 atom stereocenters. The highest BCUT2D eigenvalue weighted by Crippen LogP contribution is 2.10. The average Bonchev–Trinajstić information content (AvgIpc) is 2.35. The zero-order chi connectivity index (χ0) is 13.8. The minimum atomic E-state index is -0.277. The minimum Gasteiger partial charge on any atom is -0.383 e. The molecule has 0 spiro atoms. The van der Waals surface area contributed by atoms with E-state index in [9.17, 15) is 9.18 Å². The largest absolute Gasteiger partial charge is 0.383 e. The summed E-state index contributed by atoms with van der Waals surface area (Å²) >= 11 is 3.36. The van der Waals surface area contributed by atoms with Gasteiger partial charge in [0.25, 0.3) is 5.56 Å². The lowest BCUT2D eigenvalue weighted by atomic mass is 10.3. The molecule has 2 rings (SSSR count). The number of aryl methyl sites for hydroxylation is 1. The lowest BCUT2D eigenvalue weighted by molar-refractivity contribution is 0.627. The van der Waals surface area contributed by atoms with Crippen LogP contribution in [0.2, 0.25) is 0 Å².